The minimum atomic E-state index is -0.0972. The van der Waals surface area contributed by atoms with Crippen LogP contribution in [0.25, 0.3) is 0 Å². The molecule has 88 valence electrons. The number of aliphatic hydroxyl groups excluding tert-OH is 1. The monoisotopic (exact) mass is 261 g/mol. The van der Waals surface area contributed by atoms with Gasteiger partial charge in [0.1, 0.15) is 0 Å². The van der Waals surface area contributed by atoms with Gasteiger partial charge in [-0.25, -0.2) is 0 Å². The van der Waals surface area contributed by atoms with Crippen LogP contribution in [-0.2, 0) is 11.3 Å². The molecule has 0 bridgehead atoms. The van der Waals surface area contributed by atoms with Gasteiger partial charge in [-0.1, -0.05) is 29.3 Å². The van der Waals surface area contributed by atoms with Gasteiger partial charge in [-0.15, -0.1) is 0 Å². The second-order valence-corrected chi connectivity index (χ2v) is 4.18. The number of hydrogen-bond acceptors (Lipinski definition) is 2. The van der Waals surface area contributed by atoms with Crippen molar-refractivity contribution in [2.45, 2.75) is 19.4 Å². The molecule has 1 amide bonds. The van der Waals surface area contributed by atoms with E-state index in [2.05, 4.69) is 5.32 Å². The zero-order valence-electron chi connectivity index (χ0n) is 8.67. The molecule has 0 aliphatic rings. The van der Waals surface area contributed by atoms with Crippen molar-refractivity contribution >= 4 is 29.1 Å². The summed E-state index contributed by atoms with van der Waals surface area (Å²) in [5, 5.41) is 12.4. The van der Waals surface area contributed by atoms with Gasteiger partial charge in [0.15, 0.2) is 0 Å². The highest BCUT2D eigenvalue weighted by molar-refractivity contribution is 6.35. The minimum absolute atomic E-state index is 0.0229. The van der Waals surface area contributed by atoms with Gasteiger partial charge >= 0.3 is 0 Å². The molecule has 0 aromatic heterocycles. The predicted molar refractivity (Wildman–Crippen MR) is 64.6 cm³/mol. The third-order valence-electron chi connectivity index (χ3n) is 2.05. The summed E-state index contributed by atoms with van der Waals surface area (Å²) in [6.07, 6.45) is 0.794. The van der Waals surface area contributed by atoms with E-state index in [9.17, 15) is 4.79 Å². The number of nitrogens with one attached hydrogen (secondary N) is 1. The van der Waals surface area contributed by atoms with E-state index >= 15 is 0 Å². The standard InChI is InChI=1S/C11H13Cl2NO2/c12-9-4-3-8(10(13)6-9)7-14-11(16)2-1-5-15/h3-4,6,15H,1-2,5,7H2,(H,14,16). The average Bonchev–Trinajstić information content (AvgIpc) is 2.25. The first kappa shape index (κ1) is 13.3. The molecule has 0 saturated heterocycles. The van der Waals surface area contributed by atoms with Crippen LogP contribution in [0, 0.1) is 0 Å². The SMILES string of the molecule is O=C(CCCO)NCc1ccc(Cl)cc1Cl. The van der Waals surface area contributed by atoms with Crippen molar-refractivity contribution < 1.29 is 9.90 Å². The van der Waals surface area contributed by atoms with Crippen LogP contribution in [-0.4, -0.2) is 17.6 Å². The fourth-order valence-electron chi connectivity index (χ4n) is 1.19. The molecule has 0 radical (unpaired) electrons. The van der Waals surface area contributed by atoms with Gasteiger partial charge in [0.05, 0.1) is 0 Å². The van der Waals surface area contributed by atoms with Crippen molar-refractivity contribution in [2.24, 2.45) is 0 Å². The lowest BCUT2D eigenvalue weighted by atomic mass is 10.2. The van der Waals surface area contributed by atoms with Crippen LogP contribution < -0.4 is 5.32 Å². The molecular formula is C11H13Cl2NO2. The van der Waals surface area contributed by atoms with E-state index in [-0.39, 0.29) is 12.5 Å². The van der Waals surface area contributed by atoms with Crippen molar-refractivity contribution in [3.05, 3.63) is 33.8 Å². The third kappa shape index (κ3) is 4.39. The molecule has 3 nitrogen and oxygen atoms in total. The van der Waals surface area contributed by atoms with Crippen molar-refractivity contribution in [3.63, 3.8) is 0 Å². The fourth-order valence-corrected chi connectivity index (χ4v) is 1.66. The molecule has 1 aromatic carbocycles. The molecule has 0 saturated carbocycles. The van der Waals surface area contributed by atoms with Gasteiger partial charge in [0, 0.05) is 29.6 Å². The number of rotatable bonds is 5. The Bertz CT molecular complexity index is 369. The summed E-state index contributed by atoms with van der Waals surface area (Å²) in [6, 6.07) is 5.14. The molecule has 0 spiro atoms. The number of benzene rings is 1. The lowest BCUT2D eigenvalue weighted by Crippen LogP contribution is -2.22. The topological polar surface area (TPSA) is 49.3 Å². The first-order chi connectivity index (χ1) is 7.63. The van der Waals surface area contributed by atoms with Crippen molar-refractivity contribution in [2.75, 3.05) is 6.61 Å². The highest BCUT2D eigenvalue weighted by atomic mass is 35.5. The van der Waals surface area contributed by atoms with E-state index in [0.29, 0.717) is 29.4 Å². The molecule has 0 fully saturated rings. The number of carbonyl (C=O) groups is 1. The number of halogens is 2. The second-order valence-electron chi connectivity index (χ2n) is 3.34. The molecule has 0 aliphatic carbocycles. The predicted octanol–water partition coefficient (Wildman–Crippen LogP) is 2.38. The highest BCUT2D eigenvalue weighted by Crippen LogP contribution is 2.20. The van der Waals surface area contributed by atoms with E-state index in [0.717, 1.165) is 5.56 Å². The van der Waals surface area contributed by atoms with Gasteiger partial charge in [-0.3, -0.25) is 4.79 Å². The molecular weight excluding hydrogens is 249 g/mol. The average molecular weight is 262 g/mol. The van der Waals surface area contributed by atoms with Gasteiger partial charge in [0.25, 0.3) is 0 Å². The summed E-state index contributed by atoms with van der Waals surface area (Å²) in [5.41, 5.74) is 0.823. The molecule has 0 atom stereocenters. The summed E-state index contributed by atoms with van der Waals surface area (Å²) < 4.78 is 0. The van der Waals surface area contributed by atoms with E-state index in [1.165, 1.54) is 0 Å². The maximum absolute atomic E-state index is 11.3. The molecule has 16 heavy (non-hydrogen) atoms. The number of hydrogen-bond donors (Lipinski definition) is 2. The second kappa shape index (κ2) is 6.74. The Hall–Kier alpha value is -0.770. The van der Waals surface area contributed by atoms with Gasteiger partial charge in [-0.2, -0.15) is 0 Å². The summed E-state index contributed by atoms with van der Waals surface area (Å²) in [7, 11) is 0. The maximum Gasteiger partial charge on any atom is 0.220 e. The number of aliphatic hydroxyl groups is 1. The summed E-state index contributed by atoms with van der Waals surface area (Å²) >= 11 is 11.7. The largest absolute Gasteiger partial charge is 0.396 e. The molecule has 0 unspecified atom stereocenters. The van der Waals surface area contributed by atoms with Crippen LogP contribution in [0.2, 0.25) is 10.0 Å². The Balaban J connectivity index is 2.45. The van der Waals surface area contributed by atoms with Crippen molar-refractivity contribution in [3.8, 4) is 0 Å². The van der Waals surface area contributed by atoms with Crippen LogP contribution in [0.1, 0.15) is 18.4 Å². The smallest absolute Gasteiger partial charge is 0.220 e. The summed E-state index contributed by atoms with van der Waals surface area (Å²) in [6.45, 7) is 0.398. The van der Waals surface area contributed by atoms with Crippen LogP contribution >= 0.6 is 23.2 Å². The van der Waals surface area contributed by atoms with E-state index in [1.807, 2.05) is 0 Å². The van der Waals surface area contributed by atoms with E-state index in [4.69, 9.17) is 28.3 Å². The van der Waals surface area contributed by atoms with Crippen molar-refractivity contribution in [1.29, 1.82) is 0 Å². The Morgan fingerprint density at radius 3 is 2.75 bits per heavy atom. The van der Waals surface area contributed by atoms with Gasteiger partial charge in [0.2, 0.25) is 5.91 Å². The zero-order chi connectivity index (χ0) is 12.0. The summed E-state index contributed by atoms with van der Waals surface area (Å²) in [5.74, 6) is -0.0972. The first-order valence-corrected chi connectivity index (χ1v) is 5.70. The van der Waals surface area contributed by atoms with Crippen LogP contribution in [0.5, 0.6) is 0 Å². The Kier molecular flexibility index (Phi) is 5.60. The van der Waals surface area contributed by atoms with Crippen LogP contribution in [0.4, 0.5) is 0 Å². The molecule has 1 rings (SSSR count). The Morgan fingerprint density at radius 1 is 1.38 bits per heavy atom. The zero-order valence-corrected chi connectivity index (χ0v) is 10.2. The van der Waals surface area contributed by atoms with Crippen LogP contribution in [0.15, 0.2) is 18.2 Å². The number of amides is 1. The lowest BCUT2D eigenvalue weighted by molar-refractivity contribution is -0.121. The highest BCUT2D eigenvalue weighted by Gasteiger charge is 2.04. The Labute approximate surface area is 104 Å². The van der Waals surface area contributed by atoms with Gasteiger partial charge in [-0.05, 0) is 24.1 Å². The number of carbonyl (C=O) groups excluding carboxylic acids is 1. The minimum Gasteiger partial charge on any atom is -0.396 e. The van der Waals surface area contributed by atoms with E-state index < -0.39 is 0 Å². The quantitative estimate of drug-likeness (QED) is 0.855. The molecule has 0 heterocycles. The van der Waals surface area contributed by atoms with E-state index in [1.54, 1.807) is 18.2 Å². The molecule has 2 N–H and O–H groups in total. The van der Waals surface area contributed by atoms with Crippen molar-refractivity contribution in [1.82, 2.24) is 5.32 Å². The lowest BCUT2D eigenvalue weighted by Gasteiger charge is -2.06. The third-order valence-corrected chi connectivity index (χ3v) is 2.64. The van der Waals surface area contributed by atoms with Gasteiger partial charge < -0.3 is 10.4 Å². The summed E-state index contributed by atoms with van der Waals surface area (Å²) in [4.78, 5) is 11.3. The molecule has 0 aliphatic heterocycles. The Morgan fingerprint density at radius 2 is 2.12 bits per heavy atom. The normalized spacial score (nSPS) is 10.2. The molecule has 5 heteroatoms. The van der Waals surface area contributed by atoms with Crippen LogP contribution in [0.3, 0.4) is 0 Å². The molecule has 1 aromatic rings. The fraction of sp³-hybridized carbons (Fsp3) is 0.364. The maximum atomic E-state index is 11.3. The first-order valence-electron chi connectivity index (χ1n) is 4.95.